The Morgan fingerprint density at radius 2 is 1.92 bits per heavy atom. The summed E-state index contributed by atoms with van der Waals surface area (Å²) in [6, 6.07) is 7.78. The van der Waals surface area contributed by atoms with Crippen LogP contribution in [0.5, 0.6) is 0 Å². The molecule has 1 aromatic rings. The highest BCUT2D eigenvalue weighted by Crippen LogP contribution is 2.26. The second-order valence-corrected chi connectivity index (χ2v) is 7.19. The largest absolute Gasteiger partial charge is 0.455 e. The van der Waals surface area contributed by atoms with Crippen molar-refractivity contribution in [2.45, 2.75) is 40.0 Å². The van der Waals surface area contributed by atoms with E-state index in [-0.39, 0.29) is 31.4 Å². The van der Waals surface area contributed by atoms with Crippen molar-refractivity contribution in [2.24, 2.45) is 5.41 Å². The normalized spacial score (nSPS) is 13.8. The molecule has 1 aliphatic rings. The lowest BCUT2D eigenvalue weighted by Crippen LogP contribution is -2.39. The molecule has 0 saturated heterocycles. The van der Waals surface area contributed by atoms with Crippen LogP contribution in [0.15, 0.2) is 24.3 Å². The Bertz CT molecular complexity index is 649. The Morgan fingerprint density at radius 3 is 2.64 bits per heavy atom. The summed E-state index contributed by atoms with van der Waals surface area (Å²) in [6.45, 7) is 5.96. The van der Waals surface area contributed by atoms with Gasteiger partial charge in [-0.3, -0.25) is 14.4 Å². The van der Waals surface area contributed by atoms with Gasteiger partial charge in [0.2, 0.25) is 5.91 Å². The highest BCUT2D eigenvalue weighted by atomic mass is 16.5. The topological polar surface area (TPSA) is 75.7 Å². The number of hydrogen-bond acceptors (Lipinski definition) is 4. The van der Waals surface area contributed by atoms with Crippen molar-refractivity contribution < 1.29 is 19.1 Å². The first-order chi connectivity index (χ1) is 11.8. The van der Waals surface area contributed by atoms with Crippen LogP contribution in [0.4, 0.5) is 5.69 Å². The van der Waals surface area contributed by atoms with E-state index in [0.29, 0.717) is 6.54 Å². The number of hydrogen-bond donors (Lipinski definition) is 1. The molecular formula is C19H26N2O4. The van der Waals surface area contributed by atoms with Gasteiger partial charge in [-0.15, -0.1) is 0 Å². The Morgan fingerprint density at radius 1 is 1.20 bits per heavy atom. The van der Waals surface area contributed by atoms with Gasteiger partial charge in [0, 0.05) is 24.2 Å². The number of carbonyl (C=O) groups excluding carboxylic acids is 3. The molecule has 25 heavy (non-hydrogen) atoms. The molecule has 0 atom stereocenters. The maximum absolute atomic E-state index is 12.4. The molecule has 136 valence electrons. The molecule has 0 unspecified atom stereocenters. The van der Waals surface area contributed by atoms with Crippen molar-refractivity contribution in [3.8, 4) is 0 Å². The highest BCUT2D eigenvalue weighted by molar-refractivity contribution is 5.96. The van der Waals surface area contributed by atoms with Gasteiger partial charge in [-0.25, -0.2) is 0 Å². The number of esters is 1. The number of nitrogens with zero attached hydrogens (tertiary/aromatic N) is 1. The van der Waals surface area contributed by atoms with Crippen LogP contribution in [-0.4, -0.2) is 37.5 Å². The van der Waals surface area contributed by atoms with Gasteiger partial charge in [-0.2, -0.15) is 0 Å². The van der Waals surface area contributed by atoms with Crippen LogP contribution in [-0.2, 0) is 25.5 Å². The molecule has 0 saturated carbocycles. The molecule has 0 bridgehead atoms. The second-order valence-electron chi connectivity index (χ2n) is 7.19. The van der Waals surface area contributed by atoms with Crippen molar-refractivity contribution >= 4 is 23.5 Å². The van der Waals surface area contributed by atoms with E-state index in [0.717, 1.165) is 24.1 Å². The molecule has 2 amide bonds. The maximum Gasteiger partial charge on any atom is 0.308 e. The summed E-state index contributed by atoms with van der Waals surface area (Å²) >= 11 is 0. The summed E-state index contributed by atoms with van der Waals surface area (Å²) in [6.07, 6.45) is 1.90. The smallest absolute Gasteiger partial charge is 0.308 e. The van der Waals surface area contributed by atoms with E-state index >= 15 is 0 Å². The van der Waals surface area contributed by atoms with E-state index in [9.17, 15) is 14.4 Å². The summed E-state index contributed by atoms with van der Waals surface area (Å²) < 4.78 is 5.06. The molecule has 1 N–H and O–H groups in total. The minimum Gasteiger partial charge on any atom is -0.455 e. The molecule has 0 radical (unpaired) electrons. The maximum atomic E-state index is 12.4. The van der Waals surface area contributed by atoms with Crippen molar-refractivity contribution in [3.05, 3.63) is 29.8 Å². The Labute approximate surface area is 148 Å². The first kappa shape index (κ1) is 19.0. The van der Waals surface area contributed by atoms with Crippen LogP contribution in [0.2, 0.25) is 0 Å². The average molecular weight is 346 g/mol. The molecular weight excluding hydrogens is 320 g/mol. The molecule has 0 spiro atoms. The standard InChI is InChI=1S/C19H26N2O4/c1-19(2,3)18(24)20-11-10-17(23)25-13-16(22)21-12-6-8-14-7-4-5-9-15(14)21/h4-5,7,9H,6,8,10-13H2,1-3H3,(H,20,24). The van der Waals surface area contributed by atoms with Gasteiger partial charge < -0.3 is 15.0 Å². The van der Waals surface area contributed by atoms with E-state index in [1.807, 2.05) is 24.3 Å². The summed E-state index contributed by atoms with van der Waals surface area (Å²) in [5.41, 5.74) is 1.53. The summed E-state index contributed by atoms with van der Waals surface area (Å²) in [4.78, 5) is 37.5. The highest BCUT2D eigenvalue weighted by Gasteiger charge is 2.23. The third-order valence-electron chi connectivity index (χ3n) is 4.06. The Balaban J connectivity index is 1.77. The lowest BCUT2D eigenvalue weighted by Gasteiger charge is -2.29. The minimum absolute atomic E-state index is 0.0473. The number of aryl methyl sites for hydroxylation is 1. The first-order valence-corrected chi connectivity index (χ1v) is 8.61. The number of carbonyl (C=O) groups is 3. The van der Waals surface area contributed by atoms with Gasteiger partial charge in [0.25, 0.3) is 5.91 Å². The summed E-state index contributed by atoms with van der Waals surface area (Å²) in [7, 11) is 0. The first-order valence-electron chi connectivity index (χ1n) is 8.61. The lowest BCUT2D eigenvalue weighted by molar-refractivity contribution is -0.147. The van der Waals surface area contributed by atoms with Gasteiger partial charge >= 0.3 is 5.97 Å². The van der Waals surface area contributed by atoms with E-state index in [2.05, 4.69) is 5.32 Å². The zero-order valence-corrected chi connectivity index (χ0v) is 15.1. The molecule has 1 heterocycles. The zero-order chi connectivity index (χ0) is 18.4. The molecule has 6 nitrogen and oxygen atoms in total. The number of ether oxygens (including phenoxy) is 1. The molecule has 0 aromatic heterocycles. The summed E-state index contributed by atoms with van der Waals surface area (Å²) in [5.74, 6) is -0.839. The number of fused-ring (bicyclic) bond motifs is 1. The lowest BCUT2D eigenvalue weighted by atomic mass is 9.96. The molecule has 6 heteroatoms. The van der Waals surface area contributed by atoms with Gasteiger partial charge in [0.15, 0.2) is 6.61 Å². The second kappa shape index (κ2) is 8.14. The number of para-hydroxylation sites is 1. The van der Waals surface area contributed by atoms with Crippen LogP contribution in [0.1, 0.15) is 39.2 Å². The van der Waals surface area contributed by atoms with E-state index in [1.165, 1.54) is 0 Å². The average Bonchev–Trinajstić information content (AvgIpc) is 2.58. The molecule has 1 aromatic carbocycles. The third-order valence-corrected chi connectivity index (χ3v) is 4.06. The molecule has 1 aliphatic heterocycles. The molecule has 0 aliphatic carbocycles. The predicted octanol–water partition coefficient (Wildman–Crippen LogP) is 2.06. The fourth-order valence-corrected chi connectivity index (χ4v) is 2.63. The van der Waals surface area contributed by atoms with Crippen molar-refractivity contribution in [3.63, 3.8) is 0 Å². The van der Waals surface area contributed by atoms with E-state index in [1.54, 1.807) is 25.7 Å². The van der Waals surface area contributed by atoms with Crippen molar-refractivity contribution in [1.29, 1.82) is 0 Å². The zero-order valence-electron chi connectivity index (χ0n) is 15.1. The van der Waals surface area contributed by atoms with Crippen LogP contribution < -0.4 is 10.2 Å². The number of anilines is 1. The number of rotatable bonds is 5. The van der Waals surface area contributed by atoms with Crippen LogP contribution >= 0.6 is 0 Å². The number of benzene rings is 1. The third kappa shape index (κ3) is 5.31. The van der Waals surface area contributed by atoms with Crippen LogP contribution in [0.25, 0.3) is 0 Å². The number of nitrogens with one attached hydrogen (secondary N) is 1. The van der Waals surface area contributed by atoms with Crippen LogP contribution in [0, 0.1) is 5.41 Å². The predicted molar refractivity (Wildman–Crippen MR) is 95.2 cm³/mol. The monoisotopic (exact) mass is 346 g/mol. The summed E-state index contributed by atoms with van der Waals surface area (Å²) in [5, 5.41) is 2.68. The van der Waals surface area contributed by atoms with Gasteiger partial charge in [-0.05, 0) is 24.5 Å². The van der Waals surface area contributed by atoms with E-state index < -0.39 is 11.4 Å². The Hall–Kier alpha value is -2.37. The van der Waals surface area contributed by atoms with E-state index in [4.69, 9.17) is 4.74 Å². The molecule has 2 rings (SSSR count). The SMILES string of the molecule is CC(C)(C)C(=O)NCCC(=O)OCC(=O)N1CCCc2ccccc21. The quantitative estimate of drug-likeness (QED) is 0.828. The van der Waals surface area contributed by atoms with Crippen molar-refractivity contribution in [2.75, 3.05) is 24.6 Å². The van der Waals surface area contributed by atoms with Gasteiger partial charge in [0.05, 0.1) is 6.42 Å². The van der Waals surface area contributed by atoms with Crippen LogP contribution in [0.3, 0.4) is 0 Å². The van der Waals surface area contributed by atoms with Gasteiger partial charge in [0.1, 0.15) is 0 Å². The fourth-order valence-electron chi connectivity index (χ4n) is 2.63. The number of amides is 2. The van der Waals surface area contributed by atoms with Gasteiger partial charge in [-0.1, -0.05) is 39.0 Å². The van der Waals surface area contributed by atoms with Crippen molar-refractivity contribution in [1.82, 2.24) is 5.32 Å². The fraction of sp³-hybridized carbons (Fsp3) is 0.526. The minimum atomic E-state index is -0.498. The molecule has 0 fully saturated rings. The Kier molecular flexibility index (Phi) is 6.17.